The molecule has 2 unspecified atom stereocenters. The molecular weight excluding hydrogens is 349 g/mol. The number of benzene rings is 1. The number of amides is 1. The summed E-state index contributed by atoms with van der Waals surface area (Å²) in [5.41, 5.74) is -0.470. The van der Waals surface area contributed by atoms with Crippen LogP contribution in [-0.2, 0) is 15.1 Å². The molecule has 2 N–H and O–H groups in total. The molecule has 0 saturated heterocycles. The van der Waals surface area contributed by atoms with E-state index in [0.29, 0.717) is 22.7 Å². The van der Waals surface area contributed by atoms with Gasteiger partial charge in [0.1, 0.15) is 5.82 Å². The lowest BCUT2D eigenvalue weighted by Crippen LogP contribution is -2.35. The van der Waals surface area contributed by atoms with Crippen LogP contribution in [-0.4, -0.2) is 26.8 Å². The van der Waals surface area contributed by atoms with Crippen molar-refractivity contribution in [2.24, 2.45) is 5.92 Å². The molecule has 1 aliphatic carbocycles. The van der Waals surface area contributed by atoms with Crippen LogP contribution in [0.5, 0.6) is 0 Å². The molecule has 2 atom stereocenters. The number of anilines is 1. The zero-order valence-electron chi connectivity index (χ0n) is 13.7. The smallest absolute Gasteiger partial charge is 0.331 e. The third-order valence-electron chi connectivity index (χ3n) is 4.44. The first-order chi connectivity index (χ1) is 11.7. The Morgan fingerprint density at radius 2 is 2.16 bits per heavy atom. The van der Waals surface area contributed by atoms with Crippen LogP contribution in [0.2, 0.25) is 5.02 Å². The Hall–Kier alpha value is -2.41. The van der Waals surface area contributed by atoms with Crippen LogP contribution >= 0.6 is 11.6 Å². The van der Waals surface area contributed by atoms with E-state index >= 15 is 0 Å². The zero-order valence-corrected chi connectivity index (χ0v) is 14.4. The molecule has 2 aromatic rings. The second-order valence-corrected chi connectivity index (χ2v) is 7.02. The van der Waals surface area contributed by atoms with E-state index in [1.807, 2.05) is 0 Å². The molecule has 3 rings (SSSR count). The summed E-state index contributed by atoms with van der Waals surface area (Å²) in [5, 5.41) is 16.2. The number of aromatic nitrogens is 2. The lowest BCUT2D eigenvalue weighted by Gasteiger charge is -2.19. The molecule has 8 heteroatoms. The SMILES string of the molecule is CC(C)(C(=O)O)n1cc(NC(=O)C2CC2c2c(F)cccc2Cl)cn1. The van der Waals surface area contributed by atoms with Gasteiger partial charge in [0.2, 0.25) is 5.91 Å². The first-order valence-corrected chi connectivity index (χ1v) is 8.13. The lowest BCUT2D eigenvalue weighted by atomic mass is 10.1. The molecule has 0 bridgehead atoms. The number of aliphatic carboxylic acids is 1. The highest BCUT2D eigenvalue weighted by Gasteiger charge is 2.46. The highest BCUT2D eigenvalue weighted by atomic mass is 35.5. The maximum atomic E-state index is 13.9. The van der Waals surface area contributed by atoms with Crippen molar-refractivity contribution in [1.82, 2.24) is 9.78 Å². The number of nitrogens with zero attached hydrogens (tertiary/aromatic N) is 2. The minimum absolute atomic E-state index is 0.251. The van der Waals surface area contributed by atoms with E-state index in [1.165, 1.54) is 43.1 Å². The number of carbonyl (C=O) groups excluding carboxylic acids is 1. The molecule has 25 heavy (non-hydrogen) atoms. The molecule has 1 saturated carbocycles. The summed E-state index contributed by atoms with van der Waals surface area (Å²) >= 11 is 6.04. The van der Waals surface area contributed by atoms with Crippen LogP contribution in [0.25, 0.3) is 0 Å². The average Bonchev–Trinajstić information content (AvgIpc) is 3.16. The van der Waals surface area contributed by atoms with Gasteiger partial charge in [0.25, 0.3) is 0 Å². The Kier molecular flexibility index (Phi) is 4.28. The number of hydrogen-bond acceptors (Lipinski definition) is 3. The molecule has 0 spiro atoms. The molecular formula is C17H17ClFN3O3. The Labute approximate surface area is 148 Å². The third-order valence-corrected chi connectivity index (χ3v) is 4.77. The summed E-state index contributed by atoms with van der Waals surface area (Å²) in [6.45, 7) is 3.01. The van der Waals surface area contributed by atoms with Crippen molar-refractivity contribution in [3.05, 3.63) is 47.0 Å². The van der Waals surface area contributed by atoms with Crippen molar-refractivity contribution in [3.8, 4) is 0 Å². The number of nitrogens with one attached hydrogen (secondary N) is 1. The fourth-order valence-electron chi connectivity index (χ4n) is 2.69. The molecule has 1 aliphatic rings. The highest BCUT2D eigenvalue weighted by molar-refractivity contribution is 6.31. The van der Waals surface area contributed by atoms with E-state index in [1.54, 1.807) is 6.07 Å². The largest absolute Gasteiger partial charge is 0.479 e. The summed E-state index contributed by atoms with van der Waals surface area (Å²) in [6.07, 6.45) is 3.36. The van der Waals surface area contributed by atoms with E-state index in [-0.39, 0.29) is 17.7 Å². The van der Waals surface area contributed by atoms with Gasteiger partial charge in [0.05, 0.1) is 11.9 Å². The van der Waals surface area contributed by atoms with E-state index in [4.69, 9.17) is 11.6 Å². The van der Waals surface area contributed by atoms with Gasteiger partial charge in [0.15, 0.2) is 5.54 Å². The van der Waals surface area contributed by atoms with Gasteiger partial charge in [-0.2, -0.15) is 5.10 Å². The van der Waals surface area contributed by atoms with Crippen molar-refractivity contribution in [2.45, 2.75) is 31.7 Å². The van der Waals surface area contributed by atoms with Crippen LogP contribution in [0.3, 0.4) is 0 Å². The zero-order chi connectivity index (χ0) is 18.4. The number of halogens is 2. The molecule has 1 amide bonds. The monoisotopic (exact) mass is 365 g/mol. The van der Waals surface area contributed by atoms with Crippen LogP contribution < -0.4 is 5.32 Å². The Morgan fingerprint density at radius 3 is 2.80 bits per heavy atom. The third kappa shape index (κ3) is 3.24. The lowest BCUT2D eigenvalue weighted by molar-refractivity contribution is -0.146. The van der Waals surface area contributed by atoms with Gasteiger partial charge in [-0.05, 0) is 32.4 Å². The fourth-order valence-corrected chi connectivity index (χ4v) is 3.00. The molecule has 0 radical (unpaired) electrons. The topological polar surface area (TPSA) is 84.2 Å². The number of carboxylic acid groups (broad SMARTS) is 1. The summed E-state index contributed by atoms with van der Waals surface area (Å²) in [7, 11) is 0. The van der Waals surface area contributed by atoms with Crippen molar-refractivity contribution in [1.29, 1.82) is 0 Å². The van der Waals surface area contributed by atoms with E-state index < -0.39 is 17.3 Å². The summed E-state index contributed by atoms with van der Waals surface area (Å²) < 4.78 is 15.2. The second kappa shape index (κ2) is 6.15. The van der Waals surface area contributed by atoms with Crippen molar-refractivity contribution < 1.29 is 19.1 Å². The van der Waals surface area contributed by atoms with Crippen molar-refractivity contribution in [2.75, 3.05) is 5.32 Å². The van der Waals surface area contributed by atoms with E-state index in [2.05, 4.69) is 10.4 Å². The Balaban J connectivity index is 1.69. The van der Waals surface area contributed by atoms with Gasteiger partial charge in [0, 0.05) is 28.6 Å². The summed E-state index contributed by atoms with van der Waals surface area (Å²) in [4.78, 5) is 23.6. The van der Waals surface area contributed by atoms with Crippen molar-refractivity contribution in [3.63, 3.8) is 0 Å². The Bertz CT molecular complexity index is 829. The normalized spacial score (nSPS) is 19.5. The molecule has 6 nitrogen and oxygen atoms in total. The summed E-state index contributed by atoms with van der Waals surface area (Å²) in [6, 6.07) is 4.45. The maximum Gasteiger partial charge on any atom is 0.331 e. The molecule has 1 aromatic heterocycles. The van der Waals surface area contributed by atoms with E-state index in [9.17, 15) is 19.1 Å². The molecule has 1 fully saturated rings. The van der Waals surface area contributed by atoms with Crippen LogP contribution in [0.1, 0.15) is 31.7 Å². The minimum atomic E-state index is -1.23. The number of rotatable bonds is 5. The number of carboxylic acids is 1. The molecule has 1 aromatic carbocycles. The van der Waals surface area contributed by atoms with Gasteiger partial charge in [-0.25, -0.2) is 9.18 Å². The Morgan fingerprint density at radius 1 is 1.44 bits per heavy atom. The number of carbonyl (C=O) groups is 2. The molecule has 0 aliphatic heterocycles. The predicted octanol–water partition coefficient (Wildman–Crippen LogP) is 3.24. The van der Waals surface area contributed by atoms with Gasteiger partial charge in [-0.3, -0.25) is 9.48 Å². The minimum Gasteiger partial charge on any atom is -0.479 e. The fraction of sp³-hybridized carbons (Fsp3) is 0.353. The summed E-state index contributed by atoms with van der Waals surface area (Å²) in [5.74, 6) is -2.34. The van der Waals surface area contributed by atoms with Gasteiger partial charge in [-0.15, -0.1) is 0 Å². The standard InChI is InChI=1S/C17H17ClFN3O3/c1-17(2,16(24)25)22-8-9(7-20-22)21-15(23)11-6-10(11)14-12(18)4-3-5-13(14)19/h3-5,7-8,10-11H,6H2,1-2H3,(H,21,23)(H,24,25). The molecule has 132 valence electrons. The first-order valence-electron chi connectivity index (χ1n) is 7.75. The van der Waals surface area contributed by atoms with Gasteiger partial charge < -0.3 is 10.4 Å². The van der Waals surface area contributed by atoms with Gasteiger partial charge in [-0.1, -0.05) is 17.7 Å². The predicted molar refractivity (Wildman–Crippen MR) is 90.1 cm³/mol. The van der Waals surface area contributed by atoms with Gasteiger partial charge >= 0.3 is 5.97 Å². The van der Waals surface area contributed by atoms with Crippen LogP contribution in [0.15, 0.2) is 30.6 Å². The van der Waals surface area contributed by atoms with Crippen LogP contribution in [0, 0.1) is 11.7 Å². The quantitative estimate of drug-likeness (QED) is 0.851. The number of hydrogen-bond donors (Lipinski definition) is 2. The second-order valence-electron chi connectivity index (χ2n) is 6.61. The highest BCUT2D eigenvalue weighted by Crippen LogP contribution is 2.50. The molecule has 1 heterocycles. The average molecular weight is 366 g/mol. The van der Waals surface area contributed by atoms with Crippen LogP contribution in [0.4, 0.5) is 10.1 Å². The van der Waals surface area contributed by atoms with Crippen molar-refractivity contribution >= 4 is 29.2 Å². The maximum absolute atomic E-state index is 13.9. The van der Waals surface area contributed by atoms with E-state index in [0.717, 1.165) is 0 Å². The first kappa shape index (κ1) is 17.4.